The summed E-state index contributed by atoms with van der Waals surface area (Å²) in [7, 11) is 3.27. The lowest BCUT2D eigenvalue weighted by molar-refractivity contribution is -0.131. The summed E-state index contributed by atoms with van der Waals surface area (Å²) in [4.78, 5) is 32.2. The van der Waals surface area contributed by atoms with Crippen LogP contribution in [-0.4, -0.2) is 80.3 Å². The van der Waals surface area contributed by atoms with Gasteiger partial charge in [0.25, 0.3) is 5.91 Å². The second-order valence-electron chi connectivity index (χ2n) is 9.74. The Morgan fingerprint density at radius 3 is 2.47 bits per heavy atom. The lowest BCUT2D eigenvalue weighted by atomic mass is 10.1. The SMILES string of the molecule is COc1cccc(-c2cc(C(=O)N(CCC(=O)N3CCN(c4ccccc4OC)CC3)CC(C)C)no2)c1. The molecule has 2 heterocycles. The molecular weight excluding hydrogens is 484 g/mol. The van der Waals surface area contributed by atoms with Gasteiger partial charge in [0.15, 0.2) is 11.5 Å². The summed E-state index contributed by atoms with van der Waals surface area (Å²) in [5, 5.41) is 4.03. The van der Waals surface area contributed by atoms with Crippen LogP contribution in [0.15, 0.2) is 59.1 Å². The number of para-hydroxylation sites is 2. The Labute approximate surface area is 223 Å². The normalized spacial score (nSPS) is 13.5. The van der Waals surface area contributed by atoms with Crippen LogP contribution in [0.3, 0.4) is 0 Å². The number of carbonyl (C=O) groups excluding carboxylic acids is 2. The monoisotopic (exact) mass is 520 g/mol. The molecule has 0 atom stereocenters. The number of piperazine rings is 1. The molecule has 2 amide bonds. The fraction of sp³-hybridized carbons (Fsp3) is 0.414. The van der Waals surface area contributed by atoms with E-state index < -0.39 is 0 Å². The highest BCUT2D eigenvalue weighted by Crippen LogP contribution is 2.28. The summed E-state index contributed by atoms with van der Waals surface area (Å²) >= 11 is 0. The van der Waals surface area contributed by atoms with Crippen molar-refractivity contribution in [3.8, 4) is 22.8 Å². The lowest BCUT2D eigenvalue weighted by Crippen LogP contribution is -2.49. The summed E-state index contributed by atoms with van der Waals surface area (Å²) in [6, 6.07) is 17.0. The molecule has 202 valence electrons. The highest BCUT2D eigenvalue weighted by Gasteiger charge is 2.26. The quantitative estimate of drug-likeness (QED) is 0.396. The van der Waals surface area contributed by atoms with Crippen molar-refractivity contribution in [2.45, 2.75) is 20.3 Å². The molecule has 9 heteroatoms. The second-order valence-corrected chi connectivity index (χ2v) is 9.74. The number of methoxy groups -OCH3 is 2. The third kappa shape index (κ3) is 6.45. The molecule has 1 fully saturated rings. The highest BCUT2D eigenvalue weighted by molar-refractivity contribution is 5.93. The van der Waals surface area contributed by atoms with Crippen molar-refractivity contribution >= 4 is 17.5 Å². The first-order chi connectivity index (χ1) is 18.4. The molecule has 1 saturated heterocycles. The minimum absolute atomic E-state index is 0.0449. The molecule has 1 aliphatic rings. The van der Waals surface area contributed by atoms with Crippen LogP contribution in [0.1, 0.15) is 30.8 Å². The molecule has 0 N–H and O–H groups in total. The summed E-state index contributed by atoms with van der Waals surface area (Å²) in [6.45, 7) is 7.65. The first-order valence-corrected chi connectivity index (χ1v) is 13.0. The summed E-state index contributed by atoms with van der Waals surface area (Å²) < 4.78 is 16.2. The number of hydrogen-bond acceptors (Lipinski definition) is 7. The topological polar surface area (TPSA) is 88.4 Å². The highest BCUT2D eigenvalue weighted by atomic mass is 16.5. The Morgan fingerprint density at radius 2 is 1.76 bits per heavy atom. The summed E-state index contributed by atoms with van der Waals surface area (Å²) in [5.41, 5.74) is 2.03. The van der Waals surface area contributed by atoms with Gasteiger partial charge >= 0.3 is 0 Å². The van der Waals surface area contributed by atoms with E-state index in [-0.39, 0.29) is 29.8 Å². The first kappa shape index (κ1) is 27.0. The standard InChI is InChI=1S/C29H36N4O5/c1-21(2)20-33(29(35)24-19-27(38-30-24)22-8-7-9-23(18-22)36-3)13-12-28(34)32-16-14-31(15-17-32)25-10-5-6-11-26(25)37-4/h5-11,18-19,21H,12-17,20H2,1-4H3. The van der Waals surface area contributed by atoms with E-state index >= 15 is 0 Å². The lowest BCUT2D eigenvalue weighted by Gasteiger charge is -2.37. The van der Waals surface area contributed by atoms with Crippen LogP contribution < -0.4 is 14.4 Å². The van der Waals surface area contributed by atoms with Crippen LogP contribution in [0.4, 0.5) is 5.69 Å². The van der Waals surface area contributed by atoms with Gasteiger partial charge in [0.1, 0.15) is 11.5 Å². The van der Waals surface area contributed by atoms with Gasteiger partial charge < -0.3 is 28.7 Å². The minimum atomic E-state index is -0.245. The van der Waals surface area contributed by atoms with E-state index in [0.29, 0.717) is 37.7 Å². The van der Waals surface area contributed by atoms with Crippen molar-refractivity contribution in [2.75, 3.05) is 58.4 Å². The van der Waals surface area contributed by atoms with Crippen molar-refractivity contribution in [1.82, 2.24) is 15.0 Å². The summed E-state index contributed by atoms with van der Waals surface area (Å²) in [5.74, 6) is 2.05. The Balaban J connectivity index is 1.36. The molecule has 0 radical (unpaired) electrons. The van der Waals surface area contributed by atoms with Crippen molar-refractivity contribution in [1.29, 1.82) is 0 Å². The van der Waals surface area contributed by atoms with E-state index in [0.717, 1.165) is 30.1 Å². The fourth-order valence-electron chi connectivity index (χ4n) is 4.64. The number of rotatable bonds is 10. The average Bonchev–Trinajstić information content (AvgIpc) is 3.45. The van der Waals surface area contributed by atoms with Crippen molar-refractivity contribution < 1.29 is 23.6 Å². The van der Waals surface area contributed by atoms with Gasteiger partial charge in [0.05, 0.1) is 19.9 Å². The maximum absolute atomic E-state index is 13.3. The zero-order chi connectivity index (χ0) is 27.1. The number of benzene rings is 2. The second kappa shape index (κ2) is 12.5. The van der Waals surface area contributed by atoms with E-state index in [1.807, 2.05) is 67.3 Å². The van der Waals surface area contributed by atoms with Crippen LogP contribution in [0, 0.1) is 5.92 Å². The molecule has 0 aliphatic carbocycles. The molecule has 0 bridgehead atoms. The molecule has 0 spiro atoms. The average molecular weight is 521 g/mol. The summed E-state index contributed by atoms with van der Waals surface area (Å²) in [6.07, 6.45) is 0.258. The van der Waals surface area contributed by atoms with Crippen molar-refractivity contribution in [3.05, 3.63) is 60.3 Å². The minimum Gasteiger partial charge on any atom is -0.497 e. The van der Waals surface area contributed by atoms with Crippen LogP contribution in [0.2, 0.25) is 0 Å². The smallest absolute Gasteiger partial charge is 0.276 e. The van der Waals surface area contributed by atoms with Gasteiger partial charge in [-0.15, -0.1) is 0 Å². The molecule has 2 aromatic carbocycles. The van der Waals surface area contributed by atoms with Gasteiger partial charge in [-0.2, -0.15) is 0 Å². The van der Waals surface area contributed by atoms with Gasteiger partial charge in [-0.25, -0.2) is 0 Å². The molecule has 4 rings (SSSR count). The molecule has 9 nitrogen and oxygen atoms in total. The predicted molar refractivity (Wildman–Crippen MR) is 146 cm³/mol. The molecule has 0 unspecified atom stereocenters. The number of carbonyl (C=O) groups is 2. The number of hydrogen-bond donors (Lipinski definition) is 0. The Morgan fingerprint density at radius 1 is 1.00 bits per heavy atom. The van der Waals surface area contributed by atoms with Crippen LogP contribution >= 0.6 is 0 Å². The number of nitrogens with zero attached hydrogens (tertiary/aromatic N) is 4. The Kier molecular flexibility index (Phi) is 8.89. The zero-order valence-corrected chi connectivity index (χ0v) is 22.6. The predicted octanol–water partition coefficient (Wildman–Crippen LogP) is 4.20. The maximum Gasteiger partial charge on any atom is 0.276 e. The number of aromatic nitrogens is 1. The van der Waals surface area contributed by atoms with Crippen LogP contribution in [-0.2, 0) is 4.79 Å². The first-order valence-electron chi connectivity index (χ1n) is 13.0. The van der Waals surface area contributed by atoms with E-state index in [2.05, 4.69) is 10.1 Å². The van der Waals surface area contributed by atoms with E-state index in [9.17, 15) is 9.59 Å². The van der Waals surface area contributed by atoms with E-state index in [4.69, 9.17) is 14.0 Å². The van der Waals surface area contributed by atoms with E-state index in [1.54, 1.807) is 25.2 Å². The molecule has 1 aromatic heterocycles. The number of ether oxygens (including phenoxy) is 2. The van der Waals surface area contributed by atoms with Crippen LogP contribution in [0.5, 0.6) is 11.5 Å². The zero-order valence-electron chi connectivity index (χ0n) is 22.6. The van der Waals surface area contributed by atoms with Crippen molar-refractivity contribution in [2.24, 2.45) is 5.92 Å². The third-order valence-corrected chi connectivity index (χ3v) is 6.61. The maximum atomic E-state index is 13.3. The Bertz CT molecular complexity index is 1230. The van der Waals surface area contributed by atoms with Gasteiger partial charge in [-0.3, -0.25) is 9.59 Å². The van der Waals surface area contributed by atoms with Crippen LogP contribution in [0.25, 0.3) is 11.3 Å². The van der Waals surface area contributed by atoms with Gasteiger partial charge in [0, 0.05) is 57.3 Å². The molecule has 0 saturated carbocycles. The Hall–Kier alpha value is -4.01. The molecule has 38 heavy (non-hydrogen) atoms. The number of anilines is 1. The van der Waals surface area contributed by atoms with Crippen molar-refractivity contribution in [3.63, 3.8) is 0 Å². The molecular formula is C29H36N4O5. The molecule has 1 aliphatic heterocycles. The fourth-order valence-corrected chi connectivity index (χ4v) is 4.64. The number of amides is 2. The van der Waals surface area contributed by atoms with Gasteiger partial charge in [-0.1, -0.05) is 43.3 Å². The van der Waals surface area contributed by atoms with E-state index in [1.165, 1.54) is 0 Å². The third-order valence-electron chi connectivity index (χ3n) is 6.61. The largest absolute Gasteiger partial charge is 0.497 e. The molecule has 3 aromatic rings. The van der Waals surface area contributed by atoms with Gasteiger partial charge in [-0.05, 0) is 30.2 Å². The van der Waals surface area contributed by atoms with Gasteiger partial charge in [0.2, 0.25) is 5.91 Å².